The number of rotatable bonds is 6. The van der Waals surface area contributed by atoms with Gasteiger partial charge in [-0.25, -0.2) is 23.3 Å². The average molecular weight is 501 g/mol. The van der Waals surface area contributed by atoms with E-state index in [0.717, 1.165) is 6.07 Å². The molecule has 4 aromatic rings. The van der Waals surface area contributed by atoms with E-state index >= 15 is 4.39 Å². The van der Waals surface area contributed by atoms with Crippen molar-refractivity contribution in [2.24, 2.45) is 0 Å². The van der Waals surface area contributed by atoms with Crippen LogP contribution in [0.3, 0.4) is 0 Å². The number of piperidine rings is 1. The van der Waals surface area contributed by atoms with Crippen LogP contribution in [0.5, 0.6) is 0 Å². The van der Waals surface area contributed by atoms with Gasteiger partial charge in [0.15, 0.2) is 17.5 Å². The number of nitriles is 1. The van der Waals surface area contributed by atoms with Crippen LogP contribution in [0.1, 0.15) is 29.6 Å². The number of pyridine rings is 1. The third kappa shape index (κ3) is 4.73. The van der Waals surface area contributed by atoms with Crippen LogP contribution in [0.25, 0.3) is 28.2 Å². The number of hydrogen-bond donors (Lipinski definition) is 1. The molecule has 1 fully saturated rings. The highest BCUT2D eigenvalue weighted by molar-refractivity contribution is 5.80. The minimum absolute atomic E-state index is 0.112. The van der Waals surface area contributed by atoms with Crippen molar-refractivity contribution in [2.45, 2.75) is 25.3 Å². The molecule has 4 heterocycles. The molecule has 0 aliphatic carbocycles. The molecule has 1 atom stereocenters. The van der Waals surface area contributed by atoms with Crippen LogP contribution in [0.2, 0.25) is 0 Å². The second-order valence-corrected chi connectivity index (χ2v) is 8.66. The predicted molar refractivity (Wildman–Crippen MR) is 130 cm³/mol. The monoisotopic (exact) mass is 501 g/mol. The number of aldehydes is 1. The van der Waals surface area contributed by atoms with Gasteiger partial charge in [-0.2, -0.15) is 10.4 Å². The lowest BCUT2D eigenvalue weighted by Crippen LogP contribution is -2.45. The van der Waals surface area contributed by atoms with Gasteiger partial charge < -0.3 is 10.2 Å². The first-order valence-corrected chi connectivity index (χ1v) is 11.6. The van der Waals surface area contributed by atoms with E-state index in [9.17, 15) is 14.0 Å². The summed E-state index contributed by atoms with van der Waals surface area (Å²) in [6, 6.07) is 10.7. The summed E-state index contributed by atoms with van der Waals surface area (Å²) in [4.78, 5) is 33.7. The number of hydrogen-bond acceptors (Lipinski definition) is 7. The van der Waals surface area contributed by atoms with Gasteiger partial charge in [-0.15, -0.1) is 0 Å². The Kier molecular flexibility index (Phi) is 6.55. The van der Waals surface area contributed by atoms with Crippen molar-refractivity contribution in [1.29, 1.82) is 5.26 Å². The molecule has 0 radical (unpaired) electrons. The zero-order valence-corrected chi connectivity index (χ0v) is 19.6. The molecule has 0 bridgehead atoms. The number of fused-ring (bicyclic) bond motifs is 1. The van der Waals surface area contributed by atoms with Crippen LogP contribution in [0.4, 0.5) is 14.6 Å². The number of carbonyl (C=O) groups excluding carboxylic acids is 2. The van der Waals surface area contributed by atoms with E-state index in [1.807, 2.05) is 12.1 Å². The van der Waals surface area contributed by atoms with Gasteiger partial charge in [-0.3, -0.25) is 9.59 Å². The Bertz CT molecular complexity index is 1550. The van der Waals surface area contributed by atoms with Crippen LogP contribution in [-0.4, -0.2) is 55.8 Å². The van der Waals surface area contributed by atoms with E-state index in [4.69, 9.17) is 5.26 Å². The molecule has 1 amide bonds. The van der Waals surface area contributed by atoms with Gasteiger partial charge in [0.1, 0.15) is 24.2 Å². The van der Waals surface area contributed by atoms with Gasteiger partial charge in [0, 0.05) is 36.5 Å². The minimum atomic E-state index is -0.863. The fraction of sp³-hybridized carbons (Fsp3) is 0.231. The van der Waals surface area contributed by atoms with Gasteiger partial charge in [0.05, 0.1) is 23.3 Å². The molecule has 1 aromatic carbocycles. The van der Waals surface area contributed by atoms with Crippen molar-refractivity contribution >= 4 is 23.5 Å². The number of likely N-dealkylation sites (tertiary alicyclic amines) is 1. The quantitative estimate of drug-likeness (QED) is 0.399. The molecule has 0 spiro atoms. The Morgan fingerprint density at radius 2 is 2.08 bits per heavy atom. The first-order chi connectivity index (χ1) is 18.0. The van der Waals surface area contributed by atoms with Crippen LogP contribution in [0.15, 0.2) is 48.8 Å². The van der Waals surface area contributed by atoms with Gasteiger partial charge in [-0.05, 0) is 37.1 Å². The molecule has 11 heteroatoms. The zero-order valence-electron chi connectivity index (χ0n) is 19.6. The van der Waals surface area contributed by atoms with E-state index in [1.165, 1.54) is 12.1 Å². The maximum Gasteiger partial charge on any atom is 0.236 e. The molecule has 186 valence electrons. The van der Waals surface area contributed by atoms with Crippen molar-refractivity contribution in [1.82, 2.24) is 24.5 Å². The highest BCUT2D eigenvalue weighted by atomic mass is 19.1. The predicted octanol–water partition coefficient (Wildman–Crippen LogP) is 3.87. The number of halogens is 2. The second kappa shape index (κ2) is 10.1. The maximum atomic E-state index is 15.8. The van der Waals surface area contributed by atoms with Crippen LogP contribution in [-0.2, 0) is 4.79 Å². The van der Waals surface area contributed by atoms with Gasteiger partial charge in [0.2, 0.25) is 5.91 Å². The number of nitrogens with zero attached hydrogens (tertiary/aromatic N) is 6. The molecule has 9 nitrogen and oxygen atoms in total. The fourth-order valence-electron chi connectivity index (χ4n) is 4.44. The summed E-state index contributed by atoms with van der Waals surface area (Å²) in [5.74, 6) is -1.97. The molecule has 5 rings (SSSR count). The number of aromatic nitrogens is 4. The zero-order chi connectivity index (χ0) is 25.9. The summed E-state index contributed by atoms with van der Waals surface area (Å²) >= 11 is 0. The summed E-state index contributed by atoms with van der Waals surface area (Å²) in [6.45, 7) is 0.784. The second-order valence-electron chi connectivity index (χ2n) is 8.66. The number of anilines is 1. The number of nitrogens with one attached hydrogen (secondary N) is 1. The van der Waals surface area contributed by atoms with E-state index < -0.39 is 11.6 Å². The van der Waals surface area contributed by atoms with Crippen LogP contribution in [0, 0.1) is 23.0 Å². The summed E-state index contributed by atoms with van der Waals surface area (Å²) in [6.07, 6.45) is 4.87. The molecular weight excluding hydrogens is 480 g/mol. The molecule has 0 unspecified atom stereocenters. The molecule has 37 heavy (non-hydrogen) atoms. The molecular formula is C26H21F2N7O2. The lowest BCUT2D eigenvalue weighted by atomic mass is 10.0. The standard InChI is InChI=1S/C26H21F2N7O2/c27-20-12-16(15-36)6-7-18(20)24-23(28)26(31-17-4-3-10-34(14-17)22(37)8-9-29)33-25(32-24)19-13-30-35-11-2-1-5-21(19)35/h1-2,5-7,11-13,15,17H,3-4,8,10,14H2,(H,31,32,33)/t17-/m1/s1. The van der Waals surface area contributed by atoms with E-state index in [1.54, 1.807) is 33.9 Å². The van der Waals surface area contributed by atoms with E-state index in [0.29, 0.717) is 36.8 Å². The van der Waals surface area contributed by atoms with Crippen molar-refractivity contribution < 1.29 is 18.4 Å². The van der Waals surface area contributed by atoms with Crippen molar-refractivity contribution in [2.75, 3.05) is 18.4 Å². The van der Waals surface area contributed by atoms with Crippen molar-refractivity contribution in [3.63, 3.8) is 0 Å². The summed E-state index contributed by atoms with van der Waals surface area (Å²) in [5.41, 5.74) is 0.908. The number of carbonyl (C=O) groups is 2. The first-order valence-electron chi connectivity index (χ1n) is 11.6. The molecule has 1 saturated heterocycles. The average Bonchev–Trinajstić information content (AvgIpc) is 3.34. The summed E-state index contributed by atoms with van der Waals surface area (Å²) < 4.78 is 32.4. The highest BCUT2D eigenvalue weighted by Gasteiger charge is 2.27. The highest BCUT2D eigenvalue weighted by Crippen LogP contribution is 2.32. The summed E-state index contributed by atoms with van der Waals surface area (Å²) in [5, 5.41) is 16.2. The summed E-state index contributed by atoms with van der Waals surface area (Å²) in [7, 11) is 0. The molecule has 1 aliphatic heterocycles. The first kappa shape index (κ1) is 24.0. The Labute approximate surface area is 210 Å². The van der Waals surface area contributed by atoms with Crippen molar-refractivity contribution in [3.05, 3.63) is 66.0 Å². The Morgan fingerprint density at radius 1 is 1.22 bits per heavy atom. The number of benzene rings is 1. The molecule has 0 saturated carbocycles. The molecule has 3 aromatic heterocycles. The minimum Gasteiger partial charge on any atom is -0.363 e. The third-order valence-corrected chi connectivity index (χ3v) is 6.25. The Balaban J connectivity index is 1.59. The van der Waals surface area contributed by atoms with Crippen molar-refractivity contribution in [3.8, 4) is 28.7 Å². The number of amides is 1. The molecule has 1 N–H and O–H groups in total. The van der Waals surface area contributed by atoms with Gasteiger partial charge in [-0.1, -0.05) is 12.1 Å². The van der Waals surface area contributed by atoms with Gasteiger partial charge >= 0.3 is 0 Å². The fourth-order valence-corrected chi connectivity index (χ4v) is 4.44. The Hall–Kier alpha value is -4.72. The van der Waals surface area contributed by atoms with Crippen LogP contribution >= 0.6 is 0 Å². The topological polar surface area (TPSA) is 116 Å². The molecule has 1 aliphatic rings. The van der Waals surface area contributed by atoms with E-state index in [-0.39, 0.29) is 53.4 Å². The lowest BCUT2D eigenvalue weighted by Gasteiger charge is -2.33. The largest absolute Gasteiger partial charge is 0.363 e. The lowest BCUT2D eigenvalue weighted by molar-refractivity contribution is -0.131. The third-order valence-electron chi connectivity index (χ3n) is 6.25. The van der Waals surface area contributed by atoms with E-state index in [2.05, 4.69) is 20.4 Å². The maximum absolute atomic E-state index is 15.8. The normalized spacial score (nSPS) is 15.4. The van der Waals surface area contributed by atoms with Crippen LogP contribution < -0.4 is 5.32 Å². The Morgan fingerprint density at radius 3 is 2.86 bits per heavy atom. The SMILES string of the molecule is N#CCC(=O)N1CCC[C@@H](Nc2nc(-c3cnn4ccccc34)nc(-c3ccc(C=O)cc3F)c2F)C1. The van der Waals surface area contributed by atoms with Gasteiger partial charge in [0.25, 0.3) is 0 Å². The smallest absolute Gasteiger partial charge is 0.236 e.